The standard InChI is InChI=1S/C17H26N4/c1-3-15(2)21-11-9-17(19-21)14-20(12-10-18)13-16-7-5-4-6-8-16/h4-9,11,15H,3,10,12-14,18H2,1-2H3. The molecule has 1 aromatic carbocycles. The van der Waals surface area contributed by atoms with Crippen molar-refractivity contribution in [3.05, 3.63) is 53.9 Å². The molecule has 2 N–H and O–H groups in total. The summed E-state index contributed by atoms with van der Waals surface area (Å²) in [5, 5.41) is 4.68. The summed E-state index contributed by atoms with van der Waals surface area (Å²) in [6.45, 7) is 7.67. The molecule has 0 saturated carbocycles. The van der Waals surface area contributed by atoms with Crippen LogP contribution in [0.4, 0.5) is 0 Å². The van der Waals surface area contributed by atoms with Gasteiger partial charge in [0.25, 0.3) is 0 Å². The Balaban J connectivity index is 2.00. The second-order valence-corrected chi connectivity index (χ2v) is 5.53. The number of hydrogen-bond acceptors (Lipinski definition) is 3. The van der Waals surface area contributed by atoms with Gasteiger partial charge in [-0.2, -0.15) is 5.10 Å². The Kier molecular flexibility index (Phi) is 5.96. The average molecular weight is 286 g/mol. The van der Waals surface area contributed by atoms with Gasteiger partial charge in [0.15, 0.2) is 0 Å². The van der Waals surface area contributed by atoms with Crippen molar-refractivity contribution in [2.45, 2.75) is 39.4 Å². The van der Waals surface area contributed by atoms with Crippen molar-refractivity contribution >= 4 is 0 Å². The summed E-state index contributed by atoms with van der Waals surface area (Å²) in [7, 11) is 0. The summed E-state index contributed by atoms with van der Waals surface area (Å²) < 4.78 is 2.05. The highest BCUT2D eigenvalue weighted by atomic mass is 15.3. The van der Waals surface area contributed by atoms with E-state index in [0.29, 0.717) is 12.6 Å². The van der Waals surface area contributed by atoms with Crippen molar-refractivity contribution in [2.75, 3.05) is 13.1 Å². The molecule has 0 amide bonds. The normalized spacial score (nSPS) is 12.8. The minimum atomic E-state index is 0.454. The van der Waals surface area contributed by atoms with Crippen LogP contribution in [0.15, 0.2) is 42.6 Å². The molecule has 4 heteroatoms. The number of nitrogens with two attached hydrogens (primary N) is 1. The van der Waals surface area contributed by atoms with E-state index in [1.165, 1.54) is 5.56 Å². The van der Waals surface area contributed by atoms with Gasteiger partial charge in [0.1, 0.15) is 0 Å². The lowest BCUT2D eigenvalue weighted by molar-refractivity contribution is 0.259. The lowest BCUT2D eigenvalue weighted by Crippen LogP contribution is -2.29. The molecule has 114 valence electrons. The van der Waals surface area contributed by atoms with Gasteiger partial charge in [0, 0.05) is 38.4 Å². The summed E-state index contributed by atoms with van der Waals surface area (Å²) in [5.74, 6) is 0. The zero-order chi connectivity index (χ0) is 15.1. The van der Waals surface area contributed by atoms with Crippen LogP contribution in [0.25, 0.3) is 0 Å². The number of aromatic nitrogens is 2. The van der Waals surface area contributed by atoms with Crippen LogP contribution in [0.1, 0.15) is 37.6 Å². The van der Waals surface area contributed by atoms with Crippen molar-refractivity contribution in [3.8, 4) is 0 Å². The topological polar surface area (TPSA) is 47.1 Å². The van der Waals surface area contributed by atoms with Gasteiger partial charge in [-0.3, -0.25) is 9.58 Å². The first-order valence-corrected chi connectivity index (χ1v) is 7.73. The Morgan fingerprint density at radius 2 is 1.95 bits per heavy atom. The van der Waals surface area contributed by atoms with Gasteiger partial charge in [0.2, 0.25) is 0 Å². The zero-order valence-electron chi connectivity index (χ0n) is 13.1. The Morgan fingerprint density at radius 3 is 2.62 bits per heavy atom. The monoisotopic (exact) mass is 286 g/mol. The van der Waals surface area contributed by atoms with Crippen LogP contribution in [-0.2, 0) is 13.1 Å². The van der Waals surface area contributed by atoms with E-state index < -0.39 is 0 Å². The summed E-state index contributed by atoms with van der Waals surface area (Å²) in [6.07, 6.45) is 3.17. The molecule has 1 heterocycles. The maximum atomic E-state index is 5.74. The summed E-state index contributed by atoms with van der Waals surface area (Å²) in [4.78, 5) is 2.35. The van der Waals surface area contributed by atoms with Crippen LogP contribution in [0.5, 0.6) is 0 Å². The lowest BCUT2D eigenvalue weighted by Gasteiger charge is -2.20. The Hall–Kier alpha value is -1.65. The van der Waals surface area contributed by atoms with E-state index in [1.807, 2.05) is 6.07 Å². The number of benzene rings is 1. The molecule has 2 rings (SSSR count). The van der Waals surface area contributed by atoms with Crippen molar-refractivity contribution in [2.24, 2.45) is 5.73 Å². The molecule has 4 nitrogen and oxygen atoms in total. The fourth-order valence-corrected chi connectivity index (χ4v) is 2.36. The van der Waals surface area contributed by atoms with Crippen LogP contribution in [0.3, 0.4) is 0 Å². The second-order valence-electron chi connectivity index (χ2n) is 5.53. The van der Waals surface area contributed by atoms with Crippen molar-refractivity contribution in [1.29, 1.82) is 0 Å². The molecule has 0 fully saturated rings. The third kappa shape index (κ3) is 4.69. The summed E-state index contributed by atoms with van der Waals surface area (Å²) in [5.41, 5.74) is 8.17. The third-order valence-corrected chi connectivity index (χ3v) is 3.79. The van der Waals surface area contributed by atoms with Gasteiger partial charge in [-0.05, 0) is 25.0 Å². The number of rotatable bonds is 8. The quantitative estimate of drug-likeness (QED) is 0.811. The van der Waals surface area contributed by atoms with E-state index in [4.69, 9.17) is 5.73 Å². The fourth-order valence-electron chi connectivity index (χ4n) is 2.36. The molecule has 0 radical (unpaired) electrons. The second kappa shape index (κ2) is 7.96. The molecule has 1 unspecified atom stereocenters. The lowest BCUT2D eigenvalue weighted by atomic mass is 10.2. The molecule has 1 atom stereocenters. The molecule has 0 aliphatic carbocycles. The van der Waals surface area contributed by atoms with Gasteiger partial charge in [-0.25, -0.2) is 0 Å². The predicted octanol–water partition coefficient (Wildman–Crippen LogP) is 2.82. The van der Waals surface area contributed by atoms with Gasteiger partial charge in [-0.1, -0.05) is 37.3 Å². The maximum Gasteiger partial charge on any atom is 0.0765 e. The minimum Gasteiger partial charge on any atom is -0.329 e. The molecule has 0 spiro atoms. The number of nitrogens with zero attached hydrogens (tertiary/aromatic N) is 3. The Morgan fingerprint density at radius 1 is 1.19 bits per heavy atom. The molecule has 0 bridgehead atoms. The average Bonchev–Trinajstić information content (AvgIpc) is 2.96. The third-order valence-electron chi connectivity index (χ3n) is 3.79. The van der Waals surface area contributed by atoms with Crippen molar-refractivity contribution in [1.82, 2.24) is 14.7 Å². The van der Waals surface area contributed by atoms with Crippen LogP contribution in [0.2, 0.25) is 0 Å². The molecule has 0 aliphatic heterocycles. The molecule has 1 aromatic heterocycles. The van der Waals surface area contributed by atoms with Crippen LogP contribution in [0, 0.1) is 0 Å². The van der Waals surface area contributed by atoms with Crippen LogP contribution in [-0.4, -0.2) is 27.8 Å². The predicted molar refractivity (Wildman–Crippen MR) is 86.8 cm³/mol. The SMILES string of the molecule is CCC(C)n1ccc(CN(CCN)Cc2ccccc2)n1. The van der Waals surface area contributed by atoms with Gasteiger partial charge < -0.3 is 5.73 Å². The first kappa shape index (κ1) is 15.7. The van der Waals surface area contributed by atoms with E-state index in [1.54, 1.807) is 0 Å². The number of hydrogen-bond donors (Lipinski definition) is 1. The van der Waals surface area contributed by atoms with Crippen molar-refractivity contribution in [3.63, 3.8) is 0 Å². The Bertz CT molecular complexity index is 521. The maximum absolute atomic E-state index is 5.74. The molecular formula is C17H26N4. The highest BCUT2D eigenvalue weighted by Gasteiger charge is 2.10. The minimum absolute atomic E-state index is 0.454. The molecule has 0 saturated heterocycles. The molecular weight excluding hydrogens is 260 g/mol. The first-order chi connectivity index (χ1) is 10.2. The van der Waals surface area contributed by atoms with E-state index in [2.05, 4.69) is 65.1 Å². The van der Waals surface area contributed by atoms with E-state index >= 15 is 0 Å². The molecule has 21 heavy (non-hydrogen) atoms. The van der Waals surface area contributed by atoms with Gasteiger partial charge in [-0.15, -0.1) is 0 Å². The smallest absolute Gasteiger partial charge is 0.0765 e. The largest absolute Gasteiger partial charge is 0.329 e. The zero-order valence-corrected chi connectivity index (χ0v) is 13.1. The van der Waals surface area contributed by atoms with Gasteiger partial charge >= 0.3 is 0 Å². The van der Waals surface area contributed by atoms with Gasteiger partial charge in [0.05, 0.1) is 5.69 Å². The summed E-state index contributed by atoms with van der Waals surface area (Å²) in [6, 6.07) is 13.1. The van der Waals surface area contributed by atoms with E-state index in [-0.39, 0.29) is 0 Å². The van der Waals surface area contributed by atoms with Crippen molar-refractivity contribution < 1.29 is 0 Å². The summed E-state index contributed by atoms with van der Waals surface area (Å²) >= 11 is 0. The van der Waals surface area contributed by atoms with Crippen LogP contribution < -0.4 is 5.73 Å². The Labute approximate surface area is 127 Å². The molecule has 0 aliphatic rings. The van der Waals surface area contributed by atoms with Crippen LogP contribution >= 0.6 is 0 Å². The highest BCUT2D eigenvalue weighted by Crippen LogP contribution is 2.12. The highest BCUT2D eigenvalue weighted by molar-refractivity contribution is 5.14. The molecule has 2 aromatic rings. The first-order valence-electron chi connectivity index (χ1n) is 7.73. The van der Waals surface area contributed by atoms with E-state index in [9.17, 15) is 0 Å². The van der Waals surface area contributed by atoms with E-state index in [0.717, 1.165) is 31.7 Å². The fraction of sp³-hybridized carbons (Fsp3) is 0.471.